The lowest BCUT2D eigenvalue weighted by Gasteiger charge is -2.28. The zero-order valence-corrected chi connectivity index (χ0v) is 16.1. The second kappa shape index (κ2) is 7.68. The molecule has 2 atom stereocenters. The predicted molar refractivity (Wildman–Crippen MR) is 110 cm³/mol. The zero-order valence-electron chi connectivity index (χ0n) is 16.1. The van der Waals surface area contributed by atoms with Gasteiger partial charge in [0.1, 0.15) is 17.3 Å². The van der Waals surface area contributed by atoms with Crippen molar-refractivity contribution in [3.8, 4) is 22.6 Å². The number of nitrogens with two attached hydrogens (primary N) is 1. The molecule has 0 saturated carbocycles. The normalized spacial score (nSPS) is 18.2. The molecule has 3 aromatic carbocycles. The third-order valence-corrected chi connectivity index (χ3v) is 5.49. The molecule has 5 heteroatoms. The summed E-state index contributed by atoms with van der Waals surface area (Å²) in [6, 6.07) is 17.5. The van der Waals surface area contributed by atoms with Crippen molar-refractivity contribution >= 4 is 5.97 Å². The maximum atomic E-state index is 14.7. The minimum Gasteiger partial charge on any atom is -0.481 e. The molecule has 0 aromatic heterocycles. The van der Waals surface area contributed by atoms with Crippen LogP contribution in [0.4, 0.5) is 4.39 Å². The number of carboxylic acid groups (broad SMARTS) is 1. The average molecular weight is 391 g/mol. The summed E-state index contributed by atoms with van der Waals surface area (Å²) in [7, 11) is 0. The van der Waals surface area contributed by atoms with Crippen molar-refractivity contribution in [3.05, 3.63) is 83.2 Å². The molecule has 1 aliphatic rings. The predicted octanol–water partition coefficient (Wildman–Crippen LogP) is 5.04. The van der Waals surface area contributed by atoms with E-state index in [0.29, 0.717) is 40.2 Å². The van der Waals surface area contributed by atoms with E-state index in [2.05, 4.69) is 0 Å². The smallest absolute Gasteiger partial charge is 0.312 e. The van der Waals surface area contributed by atoms with Crippen LogP contribution in [0.15, 0.2) is 60.7 Å². The van der Waals surface area contributed by atoms with Crippen LogP contribution in [-0.4, -0.2) is 17.1 Å². The molecule has 3 N–H and O–H groups in total. The lowest BCUT2D eigenvalue weighted by atomic mass is 9.79. The molecule has 29 heavy (non-hydrogen) atoms. The van der Waals surface area contributed by atoms with Crippen molar-refractivity contribution in [2.75, 3.05) is 0 Å². The summed E-state index contributed by atoms with van der Waals surface area (Å²) >= 11 is 0. The molecule has 0 saturated heterocycles. The molecule has 0 heterocycles. The van der Waals surface area contributed by atoms with Gasteiger partial charge in [0, 0.05) is 17.2 Å². The summed E-state index contributed by atoms with van der Waals surface area (Å²) in [5.74, 6) is -0.968. The van der Waals surface area contributed by atoms with Crippen LogP contribution in [0.2, 0.25) is 0 Å². The Morgan fingerprint density at radius 2 is 1.86 bits per heavy atom. The first kappa shape index (κ1) is 19.2. The first-order valence-corrected chi connectivity index (χ1v) is 9.59. The highest BCUT2D eigenvalue weighted by atomic mass is 19.1. The number of halogens is 1. The van der Waals surface area contributed by atoms with Gasteiger partial charge in [-0.1, -0.05) is 42.5 Å². The molecule has 0 aliphatic heterocycles. The first-order chi connectivity index (χ1) is 14.0. The van der Waals surface area contributed by atoms with E-state index >= 15 is 0 Å². The number of rotatable bonds is 4. The molecular weight excluding hydrogens is 369 g/mol. The third kappa shape index (κ3) is 3.61. The van der Waals surface area contributed by atoms with Gasteiger partial charge in [0.05, 0.1) is 5.92 Å². The molecule has 4 nitrogen and oxygen atoms in total. The molecule has 3 aromatic rings. The van der Waals surface area contributed by atoms with E-state index in [4.69, 9.17) is 10.5 Å². The van der Waals surface area contributed by atoms with Crippen LogP contribution >= 0.6 is 0 Å². The molecule has 1 aliphatic carbocycles. The second-order valence-corrected chi connectivity index (χ2v) is 7.41. The lowest BCUT2D eigenvalue weighted by molar-refractivity contribution is -0.139. The fourth-order valence-corrected chi connectivity index (χ4v) is 3.95. The number of ether oxygens (including phenoxy) is 1. The van der Waals surface area contributed by atoms with E-state index < -0.39 is 17.9 Å². The Kier molecular flexibility index (Phi) is 5.07. The van der Waals surface area contributed by atoms with E-state index in [1.54, 1.807) is 31.2 Å². The van der Waals surface area contributed by atoms with Crippen molar-refractivity contribution in [3.63, 3.8) is 0 Å². The molecular formula is C24H22FNO3. The Bertz CT molecular complexity index is 1080. The van der Waals surface area contributed by atoms with Crippen LogP contribution in [0.3, 0.4) is 0 Å². The molecule has 2 unspecified atom stereocenters. The molecule has 0 bridgehead atoms. The van der Waals surface area contributed by atoms with Crippen LogP contribution in [0.5, 0.6) is 11.5 Å². The summed E-state index contributed by atoms with van der Waals surface area (Å²) in [5.41, 5.74) is 9.39. The highest BCUT2D eigenvalue weighted by Crippen LogP contribution is 2.38. The number of fused-ring (bicyclic) bond motifs is 1. The summed E-state index contributed by atoms with van der Waals surface area (Å²) in [4.78, 5) is 11.7. The van der Waals surface area contributed by atoms with Crippen molar-refractivity contribution < 1.29 is 19.0 Å². The summed E-state index contributed by atoms with van der Waals surface area (Å²) < 4.78 is 20.8. The van der Waals surface area contributed by atoms with E-state index in [9.17, 15) is 14.3 Å². The fraction of sp³-hybridized carbons (Fsp3) is 0.208. The number of carboxylic acids is 1. The van der Waals surface area contributed by atoms with E-state index in [1.807, 2.05) is 36.4 Å². The molecule has 0 amide bonds. The van der Waals surface area contributed by atoms with Gasteiger partial charge in [0.2, 0.25) is 0 Å². The average Bonchev–Trinajstić information content (AvgIpc) is 2.70. The van der Waals surface area contributed by atoms with Gasteiger partial charge in [-0.2, -0.15) is 0 Å². The summed E-state index contributed by atoms with van der Waals surface area (Å²) in [6.45, 7) is 1.72. The lowest BCUT2D eigenvalue weighted by Crippen LogP contribution is -2.37. The number of hydrogen-bond donors (Lipinski definition) is 2. The van der Waals surface area contributed by atoms with Gasteiger partial charge in [0.15, 0.2) is 0 Å². The Labute approximate surface area is 168 Å². The number of para-hydroxylation sites is 1. The van der Waals surface area contributed by atoms with Crippen LogP contribution in [0, 0.1) is 12.7 Å². The highest BCUT2D eigenvalue weighted by molar-refractivity contribution is 5.78. The number of benzene rings is 3. The monoisotopic (exact) mass is 391 g/mol. The standard InChI is InChI=1S/C24H22FNO3/c1-14-5-4-7-18(23(14)25)17-6-2-3-8-21(17)29-16-11-9-15-10-12-20(26)22(24(27)28)19(15)13-16/h2-9,11,13,20,22H,10,12,26H2,1H3,(H,27,28). The topological polar surface area (TPSA) is 72.5 Å². The zero-order chi connectivity index (χ0) is 20.5. The molecule has 0 fully saturated rings. The van der Waals surface area contributed by atoms with Gasteiger partial charge in [0.25, 0.3) is 0 Å². The first-order valence-electron chi connectivity index (χ1n) is 9.59. The van der Waals surface area contributed by atoms with Crippen molar-refractivity contribution in [2.45, 2.75) is 31.7 Å². The number of aryl methyl sites for hydroxylation is 2. The van der Waals surface area contributed by atoms with Gasteiger partial charge < -0.3 is 15.6 Å². The van der Waals surface area contributed by atoms with Gasteiger partial charge in [-0.25, -0.2) is 4.39 Å². The Morgan fingerprint density at radius 1 is 1.10 bits per heavy atom. The van der Waals surface area contributed by atoms with Gasteiger partial charge >= 0.3 is 5.97 Å². The number of hydrogen-bond acceptors (Lipinski definition) is 3. The largest absolute Gasteiger partial charge is 0.481 e. The fourth-order valence-electron chi connectivity index (χ4n) is 3.95. The SMILES string of the molecule is Cc1cccc(-c2ccccc2Oc2ccc3c(c2)C(C(=O)O)C(N)CC3)c1F. The minimum atomic E-state index is -0.933. The van der Waals surface area contributed by atoms with Gasteiger partial charge in [-0.15, -0.1) is 0 Å². The van der Waals surface area contributed by atoms with Crippen LogP contribution in [0.1, 0.15) is 29.0 Å². The molecule has 0 spiro atoms. The number of aliphatic carboxylic acids is 1. The van der Waals surface area contributed by atoms with E-state index in [-0.39, 0.29) is 5.82 Å². The maximum absolute atomic E-state index is 14.7. The summed E-state index contributed by atoms with van der Waals surface area (Å²) in [6.07, 6.45) is 1.38. The maximum Gasteiger partial charge on any atom is 0.312 e. The Morgan fingerprint density at radius 3 is 2.66 bits per heavy atom. The number of carbonyl (C=O) groups is 1. The Hall–Kier alpha value is -3.18. The van der Waals surface area contributed by atoms with E-state index in [1.165, 1.54) is 0 Å². The molecule has 0 radical (unpaired) electrons. The van der Waals surface area contributed by atoms with Crippen LogP contribution < -0.4 is 10.5 Å². The molecule has 148 valence electrons. The van der Waals surface area contributed by atoms with Crippen LogP contribution in [-0.2, 0) is 11.2 Å². The highest BCUT2D eigenvalue weighted by Gasteiger charge is 2.33. The van der Waals surface area contributed by atoms with Gasteiger partial charge in [-0.05, 0) is 54.7 Å². The second-order valence-electron chi connectivity index (χ2n) is 7.41. The Balaban J connectivity index is 1.73. The van der Waals surface area contributed by atoms with Crippen molar-refractivity contribution in [1.29, 1.82) is 0 Å². The minimum absolute atomic E-state index is 0.286. The van der Waals surface area contributed by atoms with Crippen LogP contribution in [0.25, 0.3) is 11.1 Å². The third-order valence-electron chi connectivity index (χ3n) is 5.49. The summed E-state index contributed by atoms with van der Waals surface area (Å²) in [5, 5.41) is 9.62. The quantitative estimate of drug-likeness (QED) is 0.654. The molecule has 4 rings (SSSR count). The van der Waals surface area contributed by atoms with Gasteiger partial charge in [-0.3, -0.25) is 4.79 Å². The van der Waals surface area contributed by atoms with E-state index in [0.717, 1.165) is 12.0 Å². The van der Waals surface area contributed by atoms with Crippen molar-refractivity contribution in [1.82, 2.24) is 0 Å². The van der Waals surface area contributed by atoms with Crippen molar-refractivity contribution in [2.24, 2.45) is 5.73 Å².